The number of amides is 1. The number of aromatic nitrogens is 1. The van der Waals surface area contributed by atoms with Gasteiger partial charge in [-0.1, -0.05) is 0 Å². The summed E-state index contributed by atoms with van der Waals surface area (Å²) in [6, 6.07) is 0. The first kappa shape index (κ1) is 14.3. The highest BCUT2D eigenvalue weighted by atomic mass is 32.1. The first-order chi connectivity index (χ1) is 7.81. The summed E-state index contributed by atoms with van der Waals surface area (Å²) < 4.78 is 5.15. The molecule has 96 valence electrons. The van der Waals surface area contributed by atoms with E-state index >= 15 is 0 Å². The zero-order valence-electron chi connectivity index (χ0n) is 10.5. The van der Waals surface area contributed by atoms with Crippen LogP contribution in [0.5, 0.6) is 0 Å². The molecule has 0 aliphatic heterocycles. The number of ether oxygens (including phenoxy) is 1. The van der Waals surface area contributed by atoms with E-state index in [-0.39, 0.29) is 0 Å². The van der Waals surface area contributed by atoms with Crippen molar-refractivity contribution in [2.45, 2.75) is 39.7 Å². The molecule has 1 heterocycles. The van der Waals surface area contributed by atoms with E-state index in [0.29, 0.717) is 5.13 Å². The second-order valence-corrected chi connectivity index (χ2v) is 6.16. The molecule has 0 unspecified atom stereocenters. The van der Waals surface area contributed by atoms with E-state index in [9.17, 15) is 4.79 Å². The lowest BCUT2D eigenvalue weighted by Gasteiger charge is -2.18. The van der Waals surface area contributed by atoms with E-state index in [1.54, 1.807) is 0 Å². The summed E-state index contributed by atoms with van der Waals surface area (Å²) >= 11 is 5.65. The number of carbonyl (C=O) groups excluding carboxylic acids is 1. The second-order valence-electron chi connectivity index (χ2n) is 4.63. The summed E-state index contributed by atoms with van der Waals surface area (Å²) in [6.07, 6.45) is 0.395. The summed E-state index contributed by atoms with van der Waals surface area (Å²) in [6.45, 7) is 7.40. The number of hydrogen-bond acceptors (Lipinski definition) is 5. The van der Waals surface area contributed by atoms with Crippen LogP contribution in [-0.2, 0) is 11.2 Å². The van der Waals surface area contributed by atoms with Gasteiger partial charge in [-0.05, 0) is 39.9 Å². The highest BCUT2D eigenvalue weighted by molar-refractivity contribution is 7.80. The molecule has 1 amide bonds. The van der Waals surface area contributed by atoms with E-state index in [1.807, 2.05) is 27.7 Å². The molecule has 4 nitrogen and oxygen atoms in total. The fraction of sp³-hybridized carbons (Fsp3) is 0.636. The second kappa shape index (κ2) is 5.73. The fourth-order valence-electron chi connectivity index (χ4n) is 1.21. The van der Waals surface area contributed by atoms with Gasteiger partial charge in [-0.2, -0.15) is 12.6 Å². The van der Waals surface area contributed by atoms with Crippen molar-refractivity contribution in [1.82, 2.24) is 4.98 Å². The maximum Gasteiger partial charge on any atom is 0.413 e. The van der Waals surface area contributed by atoms with Crippen LogP contribution in [0.25, 0.3) is 0 Å². The molecule has 0 spiro atoms. The molecule has 0 aromatic carbocycles. The summed E-state index contributed by atoms with van der Waals surface area (Å²) in [4.78, 5) is 16.9. The number of thiazole rings is 1. The maximum absolute atomic E-state index is 11.5. The smallest absolute Gasteiger partial charge is 0.413 e. The van der Waals surface area contributed by atoms with Crippen LogP contribution in [0.15, 0.2) is 0 Å². The van der Waals surface area contributed by atoms with Crippen molar-refractivity contribution in [3.63, 3.8) is 0 Å². The van der Waals surface area contributed by atoms with Crippen molar-refractivity contribution in [2.75, 3.05) is 11.1 Å². The van der Waals surface area contributed by atoms with Gasteiger partial charge in [0.1, 0.15) is 5.60 Å². The van der Waals surface area contributed by atoms with Gasteiger partial charge in [0.05, 0.1) is 5.69 Å². The first-order valence-corrected chi connectivity index (χ1v) is 6.84. The Labute approximate surface area is 111 Å². The quantitative estimate of drug-likeness (QED) is 0.832. The van der Waals surface area contributed by atoms with Crippen LogP contribution >= 0.6 is 24.0 Å². The summed E-state index contributed by atoms with van der Waals surface area (Å²) in [5.41, 5.74) is 0.444. The van der Waals surface area contributed by atoms with E-state index in [2.05, 4.69) is 22.9 Å². The van der Waals surface area contributed by atoms with Crippen molar-refractivity contribution < 1.29 is 9.53 Å². The molecule has 0 aliphatic rings. The van der Waals surface area contributed by atoms with Crippen LogP contribution in [0.1, 0.15) is 31.3 Å². The monoisotopic (exact) mass is 274 g/mol. The number of carbonyl (C=O) groups is 1. The number of anilines is 1. The standard InChI is InChI=1S/C11H18N2O2S2/c1-7-8(5-6-16)17-9(12-7)13-10(14)15-11(2,3)4/h16H,5-6H2,1-4H3,(H,12,13,14). The molecule has 1 aromatic heterocycles. The molecule has 0 fully saturated rings. The number of nitrogens with zero attached hydrogens (tertiary/aromatic N) is 1. The van der Waals surface area contributed by atoms with Gasteiger partial charge in [0.15, 0.2) is 5.13 Å². The molecule has 0 radical (unpaired) electrons. The predicted octanol–water partition coefficient (Wildman–Crippen LogP) is 3.27. The number of rotatable bonds is 3. The fourth-order valence-corrected chi connectivity index (χ4v) is 2.53. The topological polar surface area (TPSA) is 51.2 Å². The van der Waals surface area contributed by atoms with Gasteiger partial charge in [0, 0.05) is 4.88 Å². The van der Waals surface area contributed by atoms with Gasteiger partial charge in [-0.25, -0.2) is 9.78 Å². The van der Waals surface area contributed by atoms with Crippen LogP contribution in [0.2, 0.25) is 0 Å². The summed E-state index contributed by atoms with van der Waals surface area (Å²) in [5.74, 6) is 0.773. The van der Waals surface area contributed by atoms with Crippen LogP contribution in [-0.4, -0.2) is 22.4 Å². The van der Waals surface area contributed by atoms with Crippen LogP contribution < -0.4 is 5.32 Å². The largest absolute Gasteiger partial charge is 0.444 e. The minimum atomic E-state index is -0.496. The minimum absolute atomic E-state index is 0.469. The molecule has 1 rings (SSSR count). The Hall–Kier alpha value is -0.750. The molecule has 1 N–H and O–H groups in total. The van der Waals surface area contributed by atoms with Crippen LogP contribution in [0, 0.1) is 6.92 Å². The van der Waals surface area contributed by atoms with E-state index in [1.165, 1.54) is 11.3 Å². The molecule has 0 saturated carbocycles. The van der Waals surface area contributed by atoms with Crippen LogP contribution in [0.4, 0.5) is 9.93 Å². The van der Waals surface area contributed by atoms with Gasteiger partial charge in [-0.15, -0.1) is 11.3 Å². The Kier molecular flexibility index (Phi) is 4.82. The number of hydrogen-bond donors (Lipinski definition) is 2. The van der Waals surface area contributed by atoms with Gasteiger partial charge in [0.25, 0.3) is 0 Å². The highest BCUT2D eigenvalue weighted by Gasteiger charge is 2.17. The minimum Gasteiger partial charge on any atom is -0.444 e. The third kappa shape index (κ3) is 4.95. The highest BCUT2D eigenvalue weighted by Crippen LogP contribution is 2.23. The normalized spacial score (nSPS) is 11.4. The Morgan fingerprint density at radius 1 is 1.53 bits per heavy atom. The Balaban J connectivity index is 2.63. The summed E-state index contributed by atoms with van der Waals surface area (Å²) in [5, 5.41) is 3.22. The van der Waals surface area contributed by atoms with E-state index < -0.39 is 11.7 Å². The van der Waals surface area contributed by atoms with Crippen molar-refractivity contribution >= 4 is 35.2 Å². The lowest BCUT2D eigenvalue weighted by Crippen LogP contribution is -2.27. The van der Waals surface area contributed by atoms with Gasteiger partial charge < -0.3 is 4.74 Å². The molecular formula is C11H18N2O2S2. The maximum atomic E-state index is 11.5. The molecule has 17 heavy (non-hydrogen) atoms. The summed E-state index contributed by atoms with van der Waals surface area (Å²) in [7, 11) is 0. The third-order valence-electron chi connectivity index (χ3n) is 1.84. The Bertz CT molecular complexity index is 397. The SMILES string of the molecule is Cc1nc(NC(=O)OC(C)(C)C)sc1CCS. The van der Waals surface area contributed by atoms with E-state index in [4.69, 9.17) is 4.74 Å². The number of nitrogens with one attached hydrogen (secondary N) is 1. The zero-order valence-corrected chi connectivity index (χ0v) is 12.2. The molecule has 0 saturated heterocycles. The lowest BCUT2D eigenvalue weighted by atomic mass is 10.2. The average molecular weight is 274 g/mol. The number of thiol groups is 1. The molecule has 0 bridgehead atoms. The van der Waals surface area contributed by atoms with Gasteiger partial charge in [0.2, 0.25) is 0 Å². The van der Waals surface area contributed by atoms with Crippen molar-refractivity contribution in [3.05, 3.63) is 10.6 Å². The van der Waals surface area contributed by atoms with Crippen molar-refractivity contribution in [2.24, 2.45) is 0 Å². The molecular weight excluding hydrogens is 256 g/mol. The van der Waals surface area contributed by atoms with Crippen molar-refractivity contribution in [1.29, 1.82) is 0 Å². The lowest BCUT2D eigenvalue weighted by molar-refractivity contribution is 0.0636. The first-order valence-electron chi connectivity index (χ1n) is 5.39. The van der Waals surface area contributed by atoms with E-state index in [0.717, 1.165) is 22.7 Å². The average Bonchev–Trinajstić information content (AvgIpc) is 2.43. The Morgan fingerprint density at radius 2 is 2.18 bits per heavy atom. The molecule has 1 aromatic rings. The van der Waals surface area contributed by atoms with Gasteiger partial charge in [-0.3, -0.25) is 5.32 Å². The predicted molar refractivity (Wildman–Crippen MR) is 74.3 cm³/mol. The molecule has 0 aliphatic carbocycles. The number of aryl methyl sites for hydroxylation is 2. The van der Waals surface area contributed by atoms with Gasteiger partial charge >= 0.3 is 6.09 Å². The molecule has 6 heteroatoms. The van der Waals surface area contributed by atoms with Crippen molar-refractivity contribution in [3.8, 4) is 0 Å². The zero-order chi connectivity index (χ0) is 13.1. The Morgan fingerprint density at radius 3 is 2.71 bits per heavy atom. The third-order valence-corrected chi connectivity index (χ3v) is 3.20. The van der Waals surface area contributed by atoms with Crippen LogP contribution in [0.3, 0.4) is 0 Å². The molecule has 0 atom stereocenters.